The minimum atomic E-state index is -1.51. The molecular formula is C20H22O10. The smallest absolute Gasteiger partial charge is 0.228 e. The van der Waals surface area contributed by atoms with Crippen molar-refractivity contribution < 1.29 is 50.0 Å². The molecule has 30 heavy (non-hydrogen) atoms. The van der Waals surface area contributed by atoms with Crippen LogP contribution in [0.3, 0.4) is 0 Å². The molecule has 1 saturated heterocycles. The summed E-state index contributed by atoms with van der Waals surface area (Å²) in [6.07, 6.45) is -7.34. The van der Waals surface area contributed by atoms with Crippen LogP contribution in [0.4, 0.5) is 0 Å². The van der Waals surface area contributed by atoms with E-state index in [2.05, 4.69) is 0 Å². The molecule has 0 aromatic heterocycles. The summed E-state index contributed by atoms with van der Waals surface area (Å²) in [6.45, 7) is -0.241. The first-order valence-electron chi connectivity index (χ1n) is 9.29. The van der Waals surface area contributed by atoms with Gasteiger partial charge in [-0.15, -0.1) is 0 Å². The molecular weight excluding hydrogens is 400 g/mol. The lowest BCUT2D eigenvalue weighted by molar-refractivity contribution is -0.242. The Morgan fingerprint density at radius 2 is 1.60 bits per heavy atom. The van der Waals surface area contributed by atoms with Crippen LogP contribution in [-0.2, 0) is 11.2 Å². The maximum absolute atomic E-state index is 10.5. The first-order chi connectivity index (χ1) is 14.2. The maximum Gasteiger partial charge on any atom is 0.228 e. The van der Waals surface area contributed by atoms with Crippen LogP contribution in [0, 0.1) is 0 Å². The van der Waals surface area contributed by atoms with Gasteiger partial charge in [-0.1, -0.05) is 6.07 Å². The quantitative estimate of drug-likeness (QED) is 0.325. The van der Waals surface area contributed by atoms with Crippen molar-refractivity contribution in [3.63, 3.8) is 0 Å². The highest BCUT2D eigenvalue weighted by atomic mass is 16.7. The van der Waals surface area contributed by atoms with Gasteiger partial charge < -0.3 is 50.0 Å². The zero-order valence-electron chi connectivity index (χ0n) is 15.6. The predicted molar refractivity (Wildman–Crippen MR) is 99.3 cm³/mol. The maximum atomic E-state index is 10.5. The molecule has 162 valence electrons. The standard InChI is InChI=1S/C20H22O10/c21-11-2-1-8(3-13(11)23)19-14(24)6-10-12(22)4-9(5-16(10)30-19)29-20-18(27)17(26)15(25)7-28-20/h1-5,14-15,17-27H,6-7H2/t14-,15-,17+,18-,19+,20-/m0/s1. The predicted octanol–water partition coefficient (Wildman–Crippen LogP) is -0.342. The third-order valence-electron chi connectivity index (χ3n) is 5.21. The summed E-state index contributed by atoms with van der Waals surface area (Å²) >= 11 is 0. The highest BCUT2D eigenvalue weighted by molar-refractivity contribution is 5.52. The number of aliphatic hydroxyl groups is 4. The Balaban J connectivity index is 1.58. The molecule has 2 aromatic rings. The van der Waals surface area contributed by atoms with Gasteiger partial charge in [0.25, 0.3) is 0 Å². The molecule has 10 heteroatoms. The lowest BCUT2D eigenvalue weighted by Gasteiger charge is -2.35. The van der Waals surface area contributed by atoms with E-state index in [-0.39, 0.29) is 41.8 Å². The van der Waals surface area contributed by atoms with Crippen LogP contribution in [0.2, 0.25) is 0 Å². The summed E-state index contributed by atoms with van der Waals surface area (Å²) in [5.74, 6) is -0.602. The molecule has 7 N–H and O–H groups in total. The summed E-state index contributed by atoms with van der Waals surface area (Å²) in [5.41, 5.74) is 0.757. The normalized spacial score (nSPS) is 30.9. The van der Waals surface area contributed by atoms with E-state index in [1.54, 1.807) is 0 Å². The van der Waals surface area contributed by atoms with Crippen LogP contribution >= 0.6 is 0 Å². The monoisotopic (exact) mass is 422 g/mol. The number of phenolic OH excluding ortho intramolecular Hbond substituents is 3. The summed E-state index contributed by atoms with van der Waals surface area (Å²) in [4.78, 5) is 0. The molecule has 2 aromatic carbocycles. The van der Waals surface area contributed by atoms with E-state index in [9.17, 15) is 35.7 Å². The minimum absolute atomic E-state index is 0.0568. The van der Waals surface area contributed by atoms with Gasteiger partial charge in [0.2, 0.25) is 6.29 Å². The highest BCUT2D eigenvalue weighted by Gasteiger charge is 2.39. The van der Waals surface area contributed by atoms with Gasteiger partial charge in [-0.05, 0) is 17.7 Å². The van der Waals surface area contributed by atoms with E-state index in [1.807, 2.05) is 0 Å². The van der Waals surface area contributed by atoms with E-state index in [4.69, 9.17) is 14.2 Å². The molecule has 0 bridgehead atoms. The van der Waals surface area contributed by atoms with Crippen molar-refractivity contribution in [3.05, 3.63) is 41.5 Å². The fourth-order valence-corrected chi connectivity index (χ4v) is 3.54. The molecule has 1 fully saturated rings. The van der Waals surface area contributed by atoms with Crippen LogP contribution in [0.1, 0.15) is 17.2 Å². The first-order valence-corrected chi connectivity index (χ1v) is 9.29. The van der Waals surface area contributed by atoms with Crippen molar-refractivity contribution in [3.8, 4) is 28.7 Å². The molecule has 0 amide bonds. The zero-order valence-corrected chi connectivity index (χ0v) is 15.6. The number of hydrogen-bond donors (Lipinski definition) is 7. The van der Waals surface area contributed by atoms with Crippen molar-refractivity contribution in [2.75, 3.05) is 6.61 Å². The van der Waals surface area contributed by atoms with Crippen molar-refractivity contribution in [2.45, 2.75) is 43.2 Å². The van der Waals surface area contributed by atoms with Crippen molar-refractivity contribution in [1.82, 2.24) is 0 Å². The Bertz CT molecular complexity index is 932. The van der Waals surface area contributed by atoms with E-state index < -0.39 is 36.8 Å². The Kier molecular flexibility index (Phi) is 5.35. The molecule has 2 aliphatic heterocycles. The third-order valence-corrected chi connectivity index (χ3v) is 5.21. The zero-order chi connectivity index (χ0) is 21.6. The molecule has 4 rings (SSSR count). The van der Waals surface area contributed by atoms with Gasteiger partial charge in [-0.25, -0.2) is 0 Å². The molecule has 0 saturated carbocycles. The van der Waals surface area contributed by atoms with Crippen LogP contribution < -0.4 is 9.47 Å². The first kappa shape index (κ1) is 20.5. The molecule has 10 nitrogen and oxygen atoms in total. The van der Waals surface area contributed by atoms with E-state index in [0.717, 1.165) is 0 Å². The van der Waals surface area contributed by atoms with Gasteiger partial charge >= 0.3 is 0 Å². The number of aliphatic hydroxyl groups excluding tert-OH is 4. The van der Waals surface area contributed by atoms with Crippen LogP contribution in [0.15, 0.2) is 30.3 Å². The summed E-state index contributed by atoms with van der Waals surface area (Å²) < 4.78 is 16.5. The van der Waals surface area contributed by atoms with Crippen LogP contribution in [0.5, 0.6) is 28.7 Å². The molecule has 2 aliphatic rings. The Hall–Kier alpha value is -2.76. The molecule has 0 aliphatic carbocycles. The van der Waals surface area contributed by atoms with E-state index in [0.29, 0.717) is 11.1 Å². The molecule has 0 unspecified atom stereocenters. The van der Waals surface area contributed by atoms with Gasteiger partial charge in [0.1, 0.15) is 41.7 Å². The number of benzene rings is 2. The van der Waals surface area contributed by atoms with Crippen LogP contribution in [-0.4, -0.2) is 73.1 Å². The van der Waals surface area contributed by atoms with Gasteiger partial charge in [0.05, 0.1) is 12.7 Å². The Morgan fingerprint density at radius 1 is 0.833 bits per heavy atom. The third kappa shape index (κ3) is 3.71. The fraction of sp³-hybridized carbons (Fsp3) is 0.400. The van der Waals surface area contributed by atoms with E-state index in [1.165, 1.54) is 30.3 Å². The number of phenols is 3. The fourth-order valence-electron chi connectivity index (χ4n) is 3.54. The lowest BCUT2D eigenvalue weighted by Crippen LogP contribution is -2.54. The Morgan fingerprint density at radius 3 is 2.33 bits per heavy atom. The number of ether oxygens (including phenoxy) is 3. The molecule has 2 heterocycles. The highest BCUT2D eigenvalue weighted by Crippen LogP contribution is 2.43. The molecule has 0 spiro atoms. The van der Waals surface area contributed by atoms with Gasteiger partial charge in [-0.3, -0.25) is 0 Å². The average molecular weight is 422 g/mol. The average Bonchev–Trinajstić information content (AvgIpc) is 2.71. The largest absolute Gasteiger partial charge is 0.507 e. The number of hydrogen-bond acceptors (Lipinski definition) is 10. The van der Waals surface area contributed by atoms with E-state index >= 15 is 0 Å². The lowest BCUT2D eigenvalue weighted by atomic mass is 9.94. The second-order valence-electron chi connectivity index (χ2n) is 7.35. The second-order valence-corrected chi connectivity index (χ2v) is 7.35. The molecule has 0 radical (unpaired) electrons. The van der Waals surface area contributed by atoms with Crippen molar-refractivity contribution in [2.24, 2.45) is 0 Å². The second kappa shape index (κ2) is 7.82. The van der Waals surface area contributed by atoms with Gasteiger partial charge in [0, 0.05) is 24.1 Å². The topological polar surface area (TPSA) is 169 Å². The summed E-state index contributed by atoms with van der Waals surface area (Å²) in [5, 5.41) is 69.3. The van der Waals surface area contributed by atoms with Gasteiger partial charge in [-0.2, -0.15) is 0 Å². The summed E-state index contributed by atoms with van der Waals surface area (Å²) in [6, 6.07) is 6.73. The number of aromatic hydroxyl groups is 3. The van der Waals surface area contributed by atoms with Crippen molar-refractivity contribution >= 4 is 0 Å². The Labute approximate surface area is 170 Å². The van der Waals surface area contributed by atoms with Crippen molar-refractivity contribution in [1.29, 1.82) is 0 Å². The molecule has 6 atom stereocenters. The van der Waals surface area contributed by atoms with Crippen LogP contribution in [0.25, 0.3) is 0 Å². The SMILES string of the molecule is Oc1ccc([C@H]2Oc3cc(O[C@@H]4OC[C@H](O)[C@@H](O)[C@@H]4O)cc(O)c3C[C@@H]2O)cc1O. The summed E-state index contributed by atoms with van der Waals surface area (Å²) in [7, 11) is 0. The number of fused-ring (bicyclic) bond motifs is 1. The van der Waals surface area contributed by atoms with Gasteiger partial charge in [0.15, 0.2) is 11.5 Å². The minimum Gasteiger partial charge on any atom is -0.507 e. The number of rotatable bonds is 3.